The Hall–Kier alpha value is -0.120. The minimum atomic E-state index is 0.399. The van der Waals surface area contributed by atoms with Gasteiger partial charge in [-0.25, -0.2) is 0 Å². The molecule has 18 heavy (non-hydrogen) atoms. The third-order valence-corrected chi connectivity index (χ3v) is 4.90. The van der Waals surface area contributed by atoms with Crippen molar-refractivity contribution in [1.82, 2.24) is 4.90 Å². The number of piperidine rings is 1. The molecule has 1 aliphatic carbocycles. The van der Waals surface area contributed by atoms with Crippen LogP contribution >= 0.6 is 0 Å². The molecule has 1 heterocycles. The van der Waals surface area contributed by atoms with Gasteiger partial charge in [-0.2, -0.15) is 0 Å². The highest BCUT2D eigenvalue weighted by atomic mass is 16.5. The highest BCUT2D eigenvalue weighted by Crippen LogP contribution is 2.30. The first kappa shape index (κ1) is 14.3. The van der Waals surface area contributed by atoms with Crippen molar-refractivity contribution in [3.05, 3.63) is 0 Å². The van der Waals surface area contributed by atoms with Crippen LogP contribution in [0.1, 0.15) is 52.4 Å². The fourth-order valence-electron chi connectivity index (χ4n) is 3.66. The Morgan fingerprint density at radius 3 is 2.44 bits per heavy atom. The first-order valence-corrected chi connectivity index (χ1v) is 7.85. The zero-order valence-corrected chi connectivity index (χ0v) is 12.1. The van der Waals surface area contributed by atoms with E-state index in [0.29, 0.717) is 18.2 Å². The fourth-order valence-corrected chi connectivity index (χ4v) is 3.66. The molecule has 0 aromatic carbocycles. The van der Waals surface area contributed by atoms with Crippen molar-refractivity contribution in [2.24, 2.45) is 11.7 Å². The largest absolute Gasteiger partial charge is 0.378 e. The highest BCUT2D eigenvalue weighted by molar-refractivity contribution is 4.91. The first-order valence-electron chi connectivity index (χ1n) is 7.85. The minimum absolute atomic E-state index is 0.399. The smallest absolute Gasteiger partial charge is 0.0599 e. The zero-order valence-electron chi connectivity index (χ0n) is 12.1. The van der Waals surface area contributed by atoms with Gasteiger partial charge in [0.25, 0.3) is 0 Å². The van der Waals surface area contributed by atoms with Gasteiger partial charge >= 0.3 is 0 Å². The highest BCUT2D eigenvalue weighted by Gasteiger charge is 2.33. The molecule has 2 aliphatic rings. The zero-order chi connectivity index (χ0) is 13.0. The number of hydrogen-bond acceptors (Lipinski definition) is 3. The molecule has 0 amide bonds. The molecule has 0 bridgehead atoms. The Morgan fingerprint density at radius 2 is 1.83 bits per heavy atom. The van der Waals surface area contributed by atoms with Gasteiger partial charge in [0.2, 0.25) is 0 Å². The SMILES string of the molecule is CCOC1CCN(C2CC(CC)CCC2N)CC1. The van der Waals surface area contributed by atoms with Gasteiger partial charge in [-0.05, 0) is 44.9 Å². The normalized spacial score (nSPS) is 35.8. The van der Waals surface area contributed by atoms with E-state index in [4.69, 9.17) is 10.5 Å². The van der Waals surface area contributed by atoms with Crippen molar-refractivity contribution in [2.45, 2.75) is 70.6 Å². The minimum Gasteiger partial charge on any atom is -0.378 e. The average molecular weight is 254 g/mol. The molecule has 2 rings (SSSR count). The van der Waals surface area contributed by atoms with E-state index in [9.17, 15) is 0 Å². The standard InChI is InChI=1S/C15H30N2O/c1-3-12-5-6-14(16)15(11-12)17-9-7-13(8-10-17)18-4-2/h12-15H,3-11,16H2,1-2H3. The van der Waals surface area contributed by atoms with Gasteiger partial charge in [0.05, 0.1) is 6.10 Å². The molecule has 1 saturated carbocycles. The maximum Gasteiger partial charge on any atom is 0.0599 e. The summed E-state index contributed by atoms with van der Waals surface area (Å²) in [5, 5.41) is 0. The lowest BCUT2D eigenvalue weighted by molar-refractivity contribution is -0.00701. The molecule has 1 saturated heterocycles. The van der Waals surface area contributed by atoms with E-state index >= 15 is 0 Å². The third-order valence-electron chi connectivity index (χ3n) is 4.90. The molecular formula is C15H30N2O. The Bertz CT molecular complexity index is 239. The fraction of sp³-hybridized carbons (Fsp3) is 1.00. The topological polar surface area (TPSA) is 38.5 Å². The van der Waals surface area contributed by atoms with Crippen molar-refractivity contribution in [2.75, 3.05) is 19.7 Å². The predicted molar refractivity (Wildman–Crippen MR) is 75.6 cm³/mol. The van der Waals surface area contributed by atoms with E-state index in [0.717, 1.165) is 12.5 Å². The number of nitrogens with zero attached hydrogens (tertiary/aromatic N) is 1. The molecule has 2 fully saturated rings. The average Bonchev–Trinajstić information content (AvgIpc) is 2.41. The molecule has 2 N–H and O–H groups in total. The van der Waals surface area contributed by atoms with Gasteiger partial charge in [-0.15, -0.1) is 0 Å². The molecule has 3 nitrogen and oxygen atoms in total. The van der Waals surface area contributed by atoms with Crippen molar-refractivity contribution in [1.29, 1.82) is 0 Å². The van der Waals surface area contributed by atoms with E-state index in [-0.39, 0.29) is 0 Å². The Morgan fingerprint density at radius 1 is 1.11 bits per heavy atom. The van der Waals surface area contributed by atoms with Crippen LogP contribution in [0.15, 0.2) is 0 Å². The van der Waals surface area contributed by atoms with Gasteiger partial charge in [0.15, 0.2) is 0 Å². The second-order valence-corrected chi connectivity index (χ2v) is 6.01. The molecule has 0 spiro atoms. The van der Waals surface area contributed by atoms with Crippen LogP contribution in [0.2, 0.25) is 0 Å². The predicted octanol–water partition coefficient (Wildman–Crippen LogP) is 2.39. The summed E-state index contributed by atoms with van der Waals surface area (Å²) in [4.78, 5) is 2.64. The maximum absolute atomic E-state index is 6.35. The van der Waals surface area contributed by atoms with Crippen LogP contribution in [0.3, 0.4) is 0 Å². The quantitative estimate of drug-likeness (QED) is 0.837. The summed E-state index contributed by atoms with van der Waals surface area (Å²) < 4.78 is 5.73. The van der Waals surface area contributed by atoms with E-state index < -0.39 is 0 Å². The summed E-state index contributed by atoms with van der Waals surface area (Å²) in [5.74, 6) is 0.902. The van der Waals surface area contributed by atoms with Crippen LogP contribution in [0.25, 0.3) is 0 Å². The van der Waals surface area contributed by atoms with Crippen LogP contribution in [-0.2, 0) is 4.74 Å². The molecule has 3 heteroatoms. The lowest BCUT2D eigenvalue weighted by Gasteiger charge is -2.44. The van der Waals surface area contributed by atoms with Crippen LogP contribution < -0.4 is 5.73 Å². The van der Waals surface area contributed by atoms with Gasteiger partial charge < -0.3 is 10.5 Å². The van der Waals surface area contributed by atoms with Crippen molar-refractivity contribution in [3.63, 3.8) is 0 Å². The van der Waals surface area contributed by atoms with Crippen molar-refractivity contribution >= 4 is 0 Å². The number of likely N-dealkylation sites (tertiary alicyclic amines) is 1. The Kier molecular flexibility index (Phi) is 5.46. The van der Waals surface area contributed by atoms with Crippen LogP contribution in [0.5, 0.6) is 0 Å². The molecule has 1 aliphatic heterocycles. The first-order chi connectivity index (χ1) is 8.74. The van der Waals surface area contributed by atoms with Crippen LogP contribution in [-0.4, -0.2) is 42.8 Å². The monoisotopic (exact) mass is 254 g/mol. The molecule has 0 radical (unpaired) electrons. The number of rotatable bonds is 4. The van der Waals surface area contributed by atoms with E-state index in [2.05, 4.69) is 18.7 Å². The second-order valence-electron chi connectivity index (χ2n) is 6.01. The van der Waals surface area contributed by atoms with Gasteiger partial charge in [0.1, 0.15) is 0 Å². The number of nitrogens with two attached hydrogens (primary N) is 1. The summed E-state index contributed by atoms with van der Waals surface area (Å²) in [7, 11) is 0. The van der Waals surface area contributed by atoms with Gasteiger partial charge in [-0.1, -0.05) is 13.3 Å². The molecule has 0 aromatic rings. The van der Waals surface area contributed by atoms with Crippen molar-refractivity contribution < 1.29 is 4.74 Å². The molecule has 3 unspecified atom stereocenters. The molecular weight excluding hydrogens is 224 g/mol. The molecule has 3 atom stereocenters. The molecule has 106 valence electrons. The maximum atomic E-state index is 6.35. The summed E-state index contributed by atoms with van der Waals surface area (Å²) >= 11 is 0. The number of ether oxygens (including phenoxy) is 1. The summed E-state index contributed by atoms with van der Waals surface area (Å²) in [6.07, 6.45) is 8.06. The summed E-state index contributed by atoms with van der Waals surface area (Å²) in [6, 6.07) is 1.03. The summed E-state index contributed by atoms with van der Waals surface area (Å²) in [5.41, 5.74) is 6.35. The lowest BCUT2D eigenvalue weighted by atomic mass is 9.80. The Labute approximate surface area is 112 Å². The van der Waals surface area contributed by atoms with Gasteiger partial charge in [-0.3, -0.25) is 4.90 Å². The number of hydrogen-bond donors (Lipinski definition) is 1. The van der Waals surface area contributed by atoms with Crippen LogP contribution in [0.4, 0.5) is 0 Å². The third kappa shape index (κ3) is 3.46. The van der Waals surface area contributed by atoms with E-state index in [1.54, 1.807) is 0 Å². The van der Waals surface area contributed by atoms with E-state index in [1.807, 2.05) is 0 Å². The van der Waals surface area contributed by atoms with Crippen molar-refractivity contribution in [3.8, 4) is 0 Å². The van der Waals surface area contributed by atoms with Crippen LogP contribution in [0, 0.1) is 5.92 Å². The van der Waals surface area contributed by atoms with Gasteiger partial charge in [0, 0.05) is 31.8 Å². The van der Waals surface area contributed by atoms with E-state index in [1.165, 1.54) is 51.6 Å². The summed E-state index contributed by atoms with van der Waals surface area (Å²) in [6.45, 7) is 7.62. The Balaban J connectivity index is 1.83. The molecule has 0 aromatic heterocycles. The lowest BCUT2D eigenvalue weighted by Crippen LogP contribution is -2.54. The second kappa shape index (κ2) is 6.88.